The third-order valence-electron chi connectivity index (χ3n) is 2.73. The number of aromatic nitrogens is 2. The molecule has 0 spiro atoms. The Hall–Kier alpha value is -2.61. The fourth-order valence-corrected chi connectivity index (χ4v) is 1.83. The smallest absolute Gasteiger partial charge is 0.259 e. The predicted molar refractivity (Wildman–Crippen MR) is 75.1 cm³/mol. The maximum atomic E-state index is 13.7. The van der Waals surface area contributed by atoms with Crippen LogP contribution < -0.4 is 11.1 Å². The van der Waals surface area contributed by atoms with Crippen LogP contribution in [-0.2, 0) is 7.05 Å². The standard InChI is InChI=1S/C12H11ClFN5O2/c1-19-11(8(5-16-19)10(15)18-21)17-12(20)7-3-2-6(13)4-9(7)14/h2-5,21H,1H3,(H2,15,18)(H,17,20). The molecular weight excluding hydrogens is 301 g/mol. The monoisotopic (exact) mass is 311 g/mol. The van der Waals surface area contributed by atoms with Crippen molar-refractivity contribution < 1.29 is 14.4 Å². The van der Waals surface area contributed by atoms with Crippen molar-refractivity contribution in [2.45, 2.75) is 0 Å². The van der Waals surface area contributed by atoms with Gasteiger partial charge in [-0.1, -0.05) is 16.8 Å². The summed E-state index contributed by atoms with van der Waals surface area (Å²) in [4.78, 5) is 12.1. The summed E-state index contributed by atoms with van der Waals surface area (Å²) >= 11 is 5.63. The lowest BCUT2D eigenvalue weighted by molar-refractivity contribution is 0.102. The minimum absolute atomic E-state index is 0.171. The van der Waals surface area contributed by atoms with Gasteiger partial charge in [0.1, 0.15) is 11.6 Å². The lowest BCUT2D eigenvalue weighted by Crippen LogP contribution is -2.20. The number of nitrogens with zero attached hydrogens (tertiary/aromatic N) is 3. The van der Waals surface area contributed by atoms with E-state index in [1.807, 2.05) is 0 Å². The van der Waals surface area contributed by atoms with Gasteiger partial charge < -0.3 is 16.3 Å². The molecule has 9 heteroatoms. The Morgan fingerprint density at radius 2 is 2.24 bits per heavy atom. The van der Waals surface area contributed by atoms with Crippen LogP contribution in [0.15, 0.2) is 29.6 Å². The summed E-state index contributed by atoms with van der Waals surface area (Å²) in [6.45, 7) is 0. The average molecular weight is 312 g/mol. The Morgan fingerprint density at radius 3 is 2.86 bits per heavy atom. The number of halogens is 2. The summed E-state index contributed by atoms with van der Waals surface area (Å²) in [6, 6.07) is 3.68. The molecule has 4 N–H and O–H groups in total. The van der Waals surface area contributed by atoms with Crippen molar-refractivity contribution in [1.82, 2.24) is 9.78 Å². The molecule has 1 heterocycles. The highest BCUT2D eigenvalue weighted by atomic mass is 35.5. The van der Waals surface area contributed by atoms with E-state index in [4.69, 9.17) is 22.5 Å². The van der Waals surface area contributed by atoms with Gasteiger partial charge in [0.2, 0.25) is 0 Å². The minimum Gasteiger partial charge on any atom is -0.409 e. The molecule has 110 valence electrons. The van der Waals surface area contributed by atoms with Gasteiger partial charge in [-0.15, -0.1) is 0 Å². The van der Waals surface area contributed by atoms with E-state index < -0.39 is 11.7 Å². The summed E-state index contributed by atoms with van der Waals surface area (Å²) in [7, 11) is 1.54. The van der Waals surface area contributed by atoms with E-state index in [9.17, 15) is 9.18 Å². The molecule has 0 aliphatic carbocycles. The zero-order valence-corrected chi connectivity index (χ0v) is 11.6. The topological polar surface area (TPSA) is 106 Å². The van der Waals surface area contributed by atoms with E-state index in [-0.39, 0.29) is 27.8 Å². The van der Waals surface area contributed by atoms with E-state index in [0.29, 0.717) is 0 Å². The number of carbonyl (C=O) groups excluding carboxylic acids is 1. The molecule has 0 saturated heterocycles. The number of benzene rings is 1. The summed E-state index contributed by atoms with van der Waals surface area (Å²) in [5.74, 6) is -1.52. The van der Waals surface area contributed by atoms with Crippen LogP contribution in [0.5, 0.6) is 0 Å². The van der Waals surface area contributed by atoms with Crippen LogP contribution >= 0.6 is 11.6 Å². The number of hydrogen-bond donors (Lipinski definition) is 3. The molecule has 21 heavy (non-hydrogen) atoms. The van der Waals surface area contributed by atoms with E-state index in [2.05, 4.69) is 15.6 Å². The summed E-state index contributed by atoms with van der Waals surface area (Å²) < 4.78 is 15.0. The molecule has 0 aliphatic rings. The van der Waals surface area contributed by atoms with Crippen LogP contribution in [0.25, 0.3) is 0 Å². The second-order valence-corrected chi connectivity index (χ2v) is 4.53. The second-order valence-electron chi connectivity index (χ2n) is 4.09. The first-order valence-corrected chi connectivity index (χ1v) is 6.08. The van der Waals surface area contributed by atoms with E-state index in [1.54, 1.807) is 7.05 Å². The number of carbonyl (C=O) groups is 1. The molecule has 0 unspecified atom stereocenters. The van der Waals surface area contributed by atoms with E-state index >= 15 is 0 Å². The van der Waals surface area contributed by atoms with Gasteiger partial charge in [-0.2, -0.15) is 5.10 Å². The van der Waals surface area contributed by atoms with Crippen molar-refractivity contribution >= 4 is 29.2 Å². The SMILES string of the molecule is Cn1ncc(C(N)=NO)c1NC(=O)c1ccc(Cl)cc1F. The van der Waals surface area contributed by atoms with Gasteiger partial charge in [-0.25, -0.2) is 4.39 Å². The van der Waals surface area contributed by atoms with E-state index in [0.717, 1.165) is 6.07 Å². The molecule has 1 amide bonds. The van der Waals surface area contributed by atoms with Gasteiger partial charge in [0, 0.05) is 12.1 Å². The first-order chi connectivity index (χ1) is 9.93. The molecule has 0 bridgehead atoms. The van der Waals surface area contributed by atoms with Gasteiger partial charge >= 0.3 is 0 Å². The molecule has 0 radical (unpaired) electrons. The van der Waals surface area contributed by atoms with E-state index in [1.165, 1.54) is 23.0 Å². The number of rotatable bonds is 3. The number of nitrogens with one attached hydrogen (secondary N) is 1. The first kappa shape index (κ1) is 14.8. The molecule has 2 rings (SSSR count). The summed E-state index contributed by atoms with van der Waals surface area (Å²) in [5.41, 5.74) is 5.50. The molecule has 1 aromatic heterocycles. The van der Waals surface area contributed by atoms with Gasteiger partial charge in [0.25, 0.3) is 5.91 Å². The molecule has 0 fully saturated rings. The molecular formula is C12H11ClFN5O2. The van der Waals surface area contributed by atoms with Crippen LogP contribution in [0.2, 0.25) is 5.02 Å². The number of aryl methyl sites for hydroxylation is 1. The fourth-order valence-electron chi connectivity index (χ4n) is 1.68. The summed E-state index contributed by atoms with van der Waals surface area (Å²) in [5, 5.41) is 18.0. The van der Waals surface area contributed by atoms with Crippen LogP contribution in [0.1, 0.15) is 15.9 Å². The summed E-state index contributed by atoms with van der Waals surface area (Å²) in [6.07, 6.45) is 1.31. The molecule has 2 aromatic rings. The second kappa shape index (κ2) is 5.80. The van der Waals surface area contributed by atoms with Gasteiger partial charge in [0.05, 0.1) is 17.3 Å². The number of nitrogens with two attached hydrogens (primary N) is 1. The quantitative estimate of drug-likeness (QED) is 0.346. The van der Waals surface area contributed by atoms with Crippen molar-refractivity contribution in [3.8, 4) is 0 Å². The third-order valence-corrected chi connectivity index (χ3v) is 2.97. The van der Waals surface area contributed by atoms with Gasteiger partial charge in [-0.05, 0) is 18.2 Å². The molecule has 0 aliphatic heterocycles. The number of hydrogen-bond acceptors (Lipinski definition) is 4. The molecule has 0 saturated carbocycles. The lowest BCUT2D eigenvalue weighted by Gasteiger charge is -2.08. The van der Waals surface area contributed by atoms with Crippen LogP contribution in [0.3, 0.4) is 0 Å². The van der Waals surface area contributed by atoms with Crippen molar-refractivity contribution in [3.63, 3.8) is 0 Å². The Morgan fingerprint density at radius 1 is 1.52 bits per heavy atom. The first-order valence-electron chi connectivity index (χ1n) is 5.70. The highest BCUT2D eigenvalue weighted by molar-refractivity contribution is 6.30. The van der Waals surface area contributed by atoms with Crippen molar-refractivity contribution in [2.75, 3.05) is 5.32 Å². The molecule has 0 atom stereocenters. The van der Waals surface area contributed by atoms with Crippen LogP contribution in [0, 0.1) is 5.82 Å². The minimum atomic E-state index is -0.757. The molecule has 1 aromatic carbocycles. The van der Waals surface area contributed by atoms with Gasteiger partial charge in [0.15, 0.2) is 5.84 Å². The Kier molecular flexibility index (Phi) is 4.08. The molecule has 7 nitrogen and oxygen atoms in total. The Labute approximate surface area is 123 Å². The van der Waals surface area contributed by atoms with Crippen molar-refractivity contribution in [1.29, 1.82) is 0 Å². The normalized spacial score (nSPS) is 11.5. The van der Waals surface area contributed by atoms with Crippen molar-refractivity contribution in [3.05, 3.63) is 46.4 Å². The fraction of sp³-hybridized carbons (Fsp3) is 0.0833. The highest BCUT2D eigenvalue weighted by Crippen LogP contribution is 2.18. The Balaban J connectivity index is 2.34. The van der Waals surface area contributed by atoms with Crippen LogP contribution in [-0.4, -0.2) is 26.7 Å². The number of oxime groups is 1. The predicted octanol–water partition coefficient (Wildman–Crippen LogP) is 1.56. The van der Waals surface area contributed by atoms with Crippen LogP contribution in [0.4, 0.5) is 10.2 Å². The van der Waals surface area contributed by atoms with Crippen molar-refractivity contribution in [2.24, 2.45) is 17.9 Å². The lowest BCUT2D eigenvalue weighted by atomic mass is 10.2. The largest absolute Gasteiger partial charge is 0.409 e. The average Bonchev–Trinajstić information content (AvgIpc) is 2.79. The highest BCUT2D eigenvalue weighted by Gasteiger charge is 2.18. The maximum absolute atomic E-state index is 13.7. The maximum Gasteiger partial charge on any atom is 0.259 e. The zero-order chi connectivity index (χ0) is 15.6. The number of anilines is 1. The zero-order valence-electron chi connectivity index (χ0n) is 10.8. The number of amidine groups is 1. The Bertz CT molecular complexity index is 728. The third kappa shape index (κ3) is 2.95. The van der Waals surface area contributed by atoms with Gasteiger partial charge in [-0.3, -0.25) is 9.48 Å². The number of amides is 1.